The Hall–Kier alpha value is -2.00. The largest absolute Gasteiger partial charge is 0.337 e. The van der Waals surface area contributed by atoms with Gasteiger partial charge >= 0.3 is 0 Å². The number of hydrogen-bond acceptors (Lipinski definition) is 3. The number of amides is 1. The Balaban J connectivity index is 1.27. The molecule has 0 N–H and O–H groups in total. The number of hydrogen-bond donors (Lipinski definition) is 0. The summed E-state index contributed by atoms with van der Waals surface area (Å²) in [5.41, 5.74) is 3.34. The second kappa shape index (κ2) is 8.41. The minimum absolute atomic E-state index is 0.0749. The van der Waals surface area contributed by atoms with Crippen LogP contribution in [-0.2, 0) is 6.54 Å². The summed E-state index contributed by atoms with van der Waals surface area (Å²) in [5, 5.41) is 0. The number of alkyl halides is 1. The number of carbonyl (C=O) groups excluding carboxylic acids is 1. The number of nitrogens with zero attached hydrogens (tertiary/aromatic N) is 4. The third-order valence-electron chi connectivity index (χ3n) is 7.16. The van der Waals surface area contributed by atoms with E-state index in [2.05, 4.69) is 32.5 Å². The van der Waals surface area contributed by atoms with Crippen molar-refractivity contribution >= 4 is 39.5 Å². The number of likely N-dealkylation sites (tertiary alicyclic amines) is 1. The Morgan fingerprint density at radius 2 is 2.00 bits per heavy atom. The Kier molecular flexibility index (Phi) is 5.73. The summed E-state index contributed by atoms with van der Waals surface area (Å²) in [6, 6.07) is 12.7. The Labute approximate surface area is 201 Å². The van der Waals surface area contributed by atoms with Gasteiger partial charge in [0.25, 0.3) is 5.91 Å². The molecule has 5 rings (SSSR count). The monoisotopic (exact) mass is 546 g/mol. The minimum Gasteiger partial charge on any atom is -0.337 e. The van der Waals surface area contributed by atoms with E-state index in [1.165, 1.54) is 31.4 Å². The highest BCUT2D eigenvalue weighted by Gasteiger charge is 2.44. The summed E-state index contributed by atoms with van der Waals surface area (Å²) in [6.45, 7) is 4.56. The van der Waals surface area contributed by atoms with Gasteiger partial charge in [-0.15, -0.1) is 0 Å². The van der Waals surface area contributed by atoms with Crippen LogP contribution in [0, 0.1) is 12.7 Å². The van der Waals surface area contributed by atoms with E-state index in [0.717, 1.165) is 41.9 Å². The van der Waals surface area contributed by atoms with Crippen LogP contribution in [0.1, 0.15) is 47.4 Å². The van der Waals surface area contributed by atoms with E-state index in [1.807, 2.05) is 47.7 Å². The first kappa shape index (κ1) is 21.8. The molecule has 5 nitrogen and oxygen atoms in total. The molecule has 3 aromatic rings. The lowest BCUT2D eigenvalue weighted by molar-refractivity contribution is 0.0714. The van der Waals surface area contributed by atoms with Crippen molar-refractivity contribution in [1.29, 1.82) is 0 Å². The second-order valence-corrected chi connectivity index (χ2v) is 11.2. The van der Waals surface area contributed by atoms with Crippen molar-refractivity contribution in [2.45, 2.75) is 48.7 Å². The molecule has 1 amide bonds. The fourth-order valence-electron chi connectivity index (χ4n) is 4.93. The molecule has 1 unspecified atom stereocenters. The van der Waals surface area contributed by atoms with Crippen molar-refractivity contribution in [1.82, 2.24) is 19.4 Å². The first-order valence-electron chi connectivity index (χ1n) is 11.3. The van der Waals surface area contributed by atoms with Gasteiger partial charge in [-0.1, -0.05) is 34.7 Å². The summed E-state index contributed by atoms with van der Waals surface area (Å²) in [5.74, 6) is 0.653. The lowest BCUT2D eigenvalue weighted by Crippen LogP contribution is -2.49. The molecule has 1 atom stereocenters. The van der Waals surface area contributed by atoms with Gasteiger partial charge in [0.1, 0.15) is 11.6 Å². The standard InChI is InChI=1S/C25H28FIN4O/c1-17-28-22-9-8-20(26)14-23(22)31(17)15-18-4-6-19(7-5-18)24(32)29(2)21-10-13-30(16-21)25(27)11-3-12-25/h4-9,14,21H,3,10-13,15-16H2,1-2H3. The molecule has 32 heavy (non-hydrogen) atoms. The zero-order valence-electron chi connectivity index (χ0n) is 18.5. The highest BCUT2D eigenvalue weighted by atomic mass is 127. The van der Waals surface area contributed by atoms with Crippen LogP contribution in [0.4, 0.5) is 4.39 Å². The molecule has 0 radical (unpaired) electrons. The maximum Gasteiger partial charge on any atom is 0.253 e. The molecule has 0 bridgehead atoms. The van der Waals surface area contributed by atoms with Crippen molar-refractivity contribution in [3.63, 3.8) is 0 Å². The van der Waals surface area contributed by atoms with Gasteiger partial charge in [-0.3, -0.25) is 9.69 Å². The Bertz CT molecular complexity index is 1150. The van der Waals surface area contributed by atoms with Crippen LogP contribution in [0.2, 0.25) is 0 Å². The molecule has 2 aromatic carbocycles. The number of aromatic nitrogens is 2. The number of halogens is 2. The maximum absolute atomic E-state index is 13.7. The maximum atomic E-state index is 13.7. The molecule has 1 aliphatic carbocycles. The van der Waals surface area contributed by atoms with Crippen LogP contribution in [0.5, 0.6) is 0 Å². The summed E-state index contributed by atoms with van der Waals surface area (Å²) >= 11 is 2.61. The zero-order valence-corrected chi connectivity index (χ0v) is 20.7. The van der Waals surface area contributed by atoms with Gasteiger partial charge in [0.2, 0.25) is 0 Å². The van der Waals surface area contributed by atoms with Crippen molar-refractivity contribution in [3.8, 4) is 0 Å². The van der Waals surface area contributed by atoms with Gasteiger partial charge in [0, 0.05) is 38.3 Å². The van der Waals surface area contributed by atoms with E-state index in [0.29, 0.717) is 15.7 Å². The SMILES string of the molecule is Cc1nc2ccc(F)cc2n1Cc1ccc(C(=O)N(C)C2CCN(C3(I)CCC3)C2)cc1. The fourth-order valence-corrected chi connectivity index (χ4v) is 6.13. The van der Waals surface area contributed by atoms with Gasteiger partial charge in [-0.05, 0) is 68.5 Å². The van der Waals surface area contributed by atoms with E-state index >= 15 is 0 Å². The summed E-state index contributed by atoms with van der Waals surface area (Å²) in [7, 11) is 1.93. The first-order valence-corrected chi connectivity index (χ1v) is 12.3. The van der Waals surface area contributed by atoms with Crippen LogP contribution in [0.15, 0.2) is 42.5 Å². The number of aryl methyl sites for hydroxylation is 1. The highest BCUT2D eigenvalue weighted by molar-refractivity contribution is 14.1. The molecule has 7 heteroatoms. The molecule has 1 saturated heterocycles. The number of likely N-dealkylation sites (N-methyl/N-ethyl adjacent to an activating group) is 1. The summed E-state index contributed by atoms with van der Waals surface area (Å²) in [6.07, 6.45) is 4.87. The lowest BCUT2D eigenvalue weighted by atomic mass is 9.92. The molecule has 2 fully saturated rings. The molecular weight excluding hydrogens is 518 g/mol. The third kappa shape index (κ3) is 3.94. The zero-order chi connectivity index (χ0) is 22.5. The smallest absolute Gasteiger partial charge is 0.253 e. The van der Waals surface area contributed by atoms with Gasteiger partial charge in [0.15, 0.2) is 0 Å². The van der Waals surface area contributed by atoms with E-state index in [4.69, 9.17) is 0 Å². The van der Waals surface area contributed by atoms with Gasteiger partial charge in [0.05, 0.1) is 14.6 Å². The van der Waals surface area contributed by atoms with Crippen molar-refractivity contribution in [2.75, 3.05) is 20.1 Å². The highest BCUT2D eigenvalue weighted by Crippen LogP contribution is 2.45. The quantitative estimate of drug-likeness (QED) is 0.257. The van der Waals surface area contributed by atoms with Crippen molar-refractivity contribution in [3.05, 3.63) is 65.2 Å². The average Bonchev–Trinajstić information content (AvgIpc) is 3.37. The second-order valence-electron chi connectivity index (χ2n) is 9.15. The van der Waals surface area contributed by atoms with E-state index < -0.39 is 0 Å². The number of benzene rings is 2. The molecular formula is C25H28FIN4O. The predicted octanol–water partition coefficient (Wildman–Crippen LogP) is 4.99. The van der Waals surface area contributed by atoms with Crippen molar-refractivity contribution < 1.29 is 9.18 Å². The normalized spacial score (nSPS) is 20.4. The number of carbonyl (C=O) groups is 1. The van der Waals surface area contributed by atoms with Gasteiger partial charge in [-0.25, -0.2) is 9.37 Å². The Morgan fingerprint density at radius 3 is 2.69 bits per heavy atom. The van der Waals surface area contributed by atoms with Crippen LogP contribution < -0.4 is 0 Å². The molecule has 2 heterocycles. The average molecular weight is 546 g/mol. The predicted molar refractivity (Wildman–Crippen MR) is 133 cm³/mol. The molecule has 168 valence electrons. The number of imidazole rings is 1. The molecule has 1 saturated carbocycles. The Morgan fingerprint density at radius 1 is 1.25 bits per heavy atom. The van der Waals surface area contributed by atoms with Crippen LogP contribution in [0.25, 0.3) is 11.0 Å². The number of fused-ring (bicyclic) bond motifs is 1. The molecule has 1 aromatic heterocycles. The molecule has 1 aliphatic heterocycles. The van der Waals surface area contributed by atoms with Crippen molar-refractivity contribution in [2.24, 2.45) is 0 Å². The van der Waals surface area contributed by atoms with Crippen LogP contribution in [-0.4, -0.2) is 55.0 Å². The topological polar surface area (TPSA) is 41.4 Å². The lowest BCUT2D eigenvalue weighted by Gasteiger charge is -2.44. The van der Waals surface area contributed by atoms with Crippen LogP contribution in [0.3, 0.4) is 0 Å². The molecule has 0 spiro atoms. The van der Waals surface area contributed by atoms with Crippen LogP contribution >= 0.6 is 22.6 Å². The fraction of sp³-hybridized carbons (Fsp3) is 0.440. The van der Waals surface area contributed by atoms with E-state index in [1.54, 1.807) is 6.07 Å². The van der Waals surface area contributed by atoms with Gasteiger partial charge < -0.3 is 9.47 Å². The van der Waals surface area contributed by atoms with E-state index in [9.17, 15) is 9.18 Å². The summed E-state index contributed by atoms with van der Waals surface area (Å²) in [4.78, 5) is 22.1. The first-order chi connectivity index (χ1) is 15.3. The van der Waals surface area contributed by atoms with Gasteiger partial charge in [-0.2, -0.15) is 0 Å². The number of rotatable bonds is 5. The minimum atomic E-state index is -0.265. The van der Waals surface area contributed by atoms with E-state index in [-0.39, 0.29) is 17.8 Å². The summed E-state index contributed by atoms with van der Waals surface area (Å²) < 4.78 is 16.1. The molecule has 2 aliphatic rings. The third-order valence-corrected chi connectivity index (χ3v) is 8.92.